The van der Waals surface area contributed by atoms with E-state index in [1.54, 1.807) is 0 Å². The van der Waals surface area contributed by atoms with Crippen LogP contribution in [0.4, 0.5) is 5.69 Å². The number of benzene rings is 1. The molecule has 2 heterocycles. The number of hydrogen-bond acceptors (Lipinski definition) is 7. The third-order valence-corrected chi connectivity index (χ3v) is 5.10. The van der Waals surface area contributed by atoms with E-state index < -0.39 is 11.9 Å². The van der Waals surface area contributed by atoms with Crippen LogP contribution in [0.15, 0.2) is 18.2 Å². The Morgan fingerprint density at radius 3 is 2.33 bits per heavy atom. The monoisotopic (exact) mass is 375 g/mol. The molecule has 0 bridgehead atoms. The van der Waals surface area contributed by atoms with Gasteiger partial charge in [-0.15, -0.1) is 0 Å². The molecule has 8 heteroatoms. The second-order valence-corrected chi connectivity index (χ2v) is 6.90. The number of hydrogen-bond donors (Lipinski definition) is 1. The predicted octanol–water partition coefficient (Wildman–Crippen LogP) is 0.978. The maximum atomic E-state index is 12.5. The van der Waals surface area contributed by atoms with Crippen LogP contribution in [-0.2, 0) is 14.3 Å². The van der Waals surface area contributed by atoms with Crippen LogP contribution < -0.4 is 5.32 Å². The highest BCUT2D eigenvalue weighted by Gasteiger charge is 2.31. The molecule has 3 rings (SSSR count). The number of rotatable bonds is 5. The molecule has 0 spiro atoms. The van der Waals surface area contributed by atoms with Crippen molar-refractivity contribution in [2.45, 2.75) is 18.9 Å². The zero-order chi connectivity index (χ0) is 19.4. The SMILES string of the molecule is COC(=O)c1cc(NC(=O)CN2CCN3CCCC3C2)cc(C(=O)OC)c1. The van der Waals surface area contributed by atoms with Gasteiger partial charge in [0, 0.05) is 31.4 Å². The van der Waals surface area contributed by atoms with Gasteiger partial charge < -0.3 is 14.8 Å². The predicted molar refractivity (Wildman–Crippen MR) is 98.8 cm³/mol. The molecular formula is C19H25N3O5. The average Bonchev–Trinajstić information content (AvgIpc) is 3.14. The Morgan fingerprint density at radius 1 is 1.04 bits per heavy atom. The minimum atomic E-state index is -0.589. The fraction of sp³-hybridized carbons (Fsp3) is 0.526. The molecule has 2 fully saturated rings. The van der Waals surface area contributed by atoms with Crippen LogP contribution in [0.3, 0.4) is 0 Å². The Kier molecular flexibility index (Phi) is 6.08. The first-order valence-electron chi connectivity index (χ1n) is 9.08. The summed E-state index contributed by atoms with van der Waals surface area (Å²) in [6, 6.07) is 4.91. The number of carbonyl (C=O) groups is 3. The van der Waals surface area contributed by atoms with Gasteiger partial charge in [-0.3, -0.25) is 14.6 Å². The molecule has 2 aliphatic heterocycles. The third-order valence-electron chi connectivity index (χ3n) is 5.10. The molecule has 1 atom stereocenters. The molecule has 0 radical (unpaired) electrons. The van der Waals surface area contributed by atoms with Crippen LogP contribution in [0.2, 0.25) is 0 Å². The quantitative estimate of drug-likeness (QED) is 0.768. The van der Waals surface area contributed by atoms with E-state index in [4.69, 9.17) is 9.47 Å². The molecule has 8 nitrogen and oxygen atoms in total. The number of ether oxygens (including phenoxy) is 2. The highest BCUT2D eigenvalue weighted by atomic mass is 16.5. The third kappa shape index (κ3) is 4.64. The number of piperazine rings is 1. The van der Waals surface area contributed by atoms with Gasteiger partial charge in [0.1, 0.15) is 0 Å². The molecule has 0 aliphatic carbocycles. The smallest absolute Gasteiger partial charge is 0.337 e. The molecule has 2 aliphatic rings. The highest BCUT2D eigenvalue weighted by Crippen LogP contribution is 2.21. The maximum Gasteiger partial charge on any atom is 0.337 e. The summed E-state index contributed by atoms with van der Waals surface area (Å²) in [5.74, 6) is -1.36. The van der Waals surface area contributed by atoms with Gasteiger partial charge >= 0.3 is 11.9 Å². The Morgan fingerprint density at radius 2 is 1.70 bits per heavy atom. The zero-order valence-corrected chi connectivity index (χ0v) is 15.7. The molecule has 1 amide bonds. The summed E-state index contributed by atoms with van der Waals surface area (Å²) in [5.41, 5.74) is 0.716. The lowest BCUT2D eigenvalue weighted by Gasteiger charge is -2.37. The molecule has 27 heavy (non-hydrogen) atoms. The minimum absolute atomic E-state index is 0.176. The van der Waals surface area contributed by atoms with E-state index in [1.807, 2.05) is 0 Å². The summed E-state index contributed by atoms with van der Waals surface area (Å²) in [6.07, 6.45) is 2.41. The normalized spacial score (nSPS) is 20.0. The number of methoxy groups -OCH3 is 2. The van der Waals surface area contributed by atoms with Crippen LogP contribution >= 0.6 is 0 Å². The summed E-state index contributed by atoms with van der Waals surface area (Å²) < 4.78 is 9.42. The molecule has 1 N–H and O–H groups in total. The number of nitrogens with zero attached hydrogens (tertiary/aromatic N) is 2. The first-order chi connectivity index (χ1) is 13.0. The number of anilines is 1. The van der Waals surface area contributed by atoms with Crippen molar-refractivity contribution in [2.24, 2.45) is 0 Å². The van der Waals surface area contributed by atoms with Gasteiger partial charge in [-0.25, -0.2) is 9.59 Å². The van der Waals surface area contributed by atoms with Gasteiger partial charge in [0.25, 0.3) is 0 Å². The molecule has 146 valence electrons. The van der Waals surface area contributed by atoms with Gasteiger partial charge in [-0.05, 0) is 37.6 Å². The van der Waals surface area contributed by atoms with E-state index in [0.717, 1.165) is 26.2 Å². The second-order valence-electron chi connectivity index (χ2n) is 6.90. The first kappa shape index (κ1) is 19.3. The number of amides is 1. The van der Waals surface area contributed by atoms with Crippen molar-refractivity contribution in [2.75, 3.05) is 52.3 Å². The number of fused-ring (bicyclic) bond motifs is 1. The van der Waals surface area contributed by atoms with E-state index >= 15 is 0 Å². The number of carbonyl (C=O) groups excluding carboxylic acids is 3. The largest absolute Gasteiger partial charge is 0.465 e. The Labute approximate surface area is 158 Å². The topological polar surface area (TPSA) is 88.2 Å². The Hall–Kier alpha value is -2.45. The van der Waals surface area contributed by atoms with E-state index in [1.165, 1.54) is 45.3 Å². The molecule has 1 aromatic carbocycles. The summed E-state index contributed by atoms with van der Waals surface area (Å²) in [4.78, 5) is 40.8. The lowest BCUT2D eigenvalue weighted by Crippen LogP contribution is -2.51. The van der Waals surface area contributed by atoms with E-state index in [9.17, 15) is 14.4 Å². The number of esters is 2. The minimum Gasteiger partial charge on any atom is -0.465 e. The fourth-order valence-corrected chi connectivity index (χ4v) is 3.77. The molecule has 1 unspecified atom stereocenters. The Bertz CT molecular complexity index is 702. The van der Waals surface area contributed by atoms with Crippen LogP contribution in [0.25, 0.3) is 0 Å². The van der Waals surface area contributed by atoms with Gasteiger partial charge in [-0.2, -0.15) is 0 Å². The summed E-state index contributed by atoms with van der Waals surface area (Å²) in [6.45, 7) is 4.17. The van der Waals surface area contributed by atoms with Crippen molar-refractivity contribution < 1.29 is 23.9 Å². The van der Waals surface area contributed by atoms with Crippen molar-refractivity contribution in [3.05, 3.63) is 29.3 Å². The first-order valence-corrected chi connectivity index (χ1v) is 9.08. The maximum absolute atomic E-state index is 12.5. The molecule has 0 aromatic heterocycles. The second kappa shape index (κ2) is 8.49. The van der Waals surface area contributed by atoms with Crippen molar-refractivity contribution in [1.82, 2.24) is 9.80 Å². The van der Waals surface area contributed by atoms with E-state index in [-0.39, 0.29) is 23.6 Å². The van der Waals surface area contributed by atoms with E-state index in [0.29, 0.717) is 11.7 Å². The van der Waals surface area contributed by atoms with E-state index in [2.05, 4.69) is 15.1 Å². The zero-order valence-electron chi connectivity index (χ0n) is 15.7. The molecule has 2 saturated heterocycles. The standard InChI is InChI=1S/C19H25N3O5/c1-26-18(24)13-8-14(19(25)27-2)10-15(9-13)20-17(23)12-21-6-7-22-5-3-4-16(22)11-21/h8-10,16H,3-7,11-12H2,1-2H3,(H,20,23). The van der Waals surface area contributed by atoms with Crippen LogP contribution in [-0.4, -0.2) is 80.6 Å². The van der Waals surface area contributed by atoms with Crippen LogP contribution in [0, 0.1) is 0 Å². The van der Waals surface area contributed by atoms with Crippen molar-refractivity contribution in [3.63, 3.8) is 0 Å². The molecule has 0 saturated carbocycles. The lowest BCUT2D eigenvalue weighted by molar-refractivity contribution is -0.117. The van der Waals surface area contributed by atoms with Gasteiger partial charge in [0.15, 0.2) is 0 Å². The van der Waals surface area contributed by atoms with Crippen molar-refractivity contribution >= 4 is 23.5 Å². The fourth-order valence-electron chi connectivity index (χ4n) is 3.77. The van der Waals surface area contributed by atoms with Gasteiger partial charge in [0.2, 0.25) is 5.91 Å². The van der Waals surface area contributed by atoms with Crippen LogP contribution in [0.5, 0.6) is 0 Å². The molecular weight excluding hydrogens is 350 g/mol. The highest BCUT2D eigenvalue weighted by molar-refractivity contribution is 5.99. The van der Waals surface area contributed by atoms with Crippen molar-refractivity contribution in [1.29, 1.82) is 0 Å². The Balaban J connectivity index is 1.67. The van der Waals surface area contributed by atoms with Crippen LogP contribution in [0.1, 0.15) is 33.6 Å². The summed E-state index contributed by atoms with van der Waals surface area (Å²) >= 11 is 0. The summed E-state index contributed by atoms with van der Waals surface area (Å²) in [7, 11) is 2.52. The lowest BCUT2D eigenvalue weighted by atomic mass is 10.1. The average molecular weight is 375 g/mol. The van der Waals surface area contributed by atoms with Crippen molar-refractivity contribution in [3.8, 4) is 0 Å². The summed E-state index contributed by atoms with van der Waals surface area (Å²) in [5, 5.41) is 2.78. The number of nitrogens with one attached hydrogen (secondary N) is 1. The van der Waals surface area contributed by atoms with Gasteiger partial charge in [-0.1, -0.05) is 0 Å². The van der Waals surface area contributed by atoms with Gasteiger partial charge in [0.05, 0.1) is 31.9 Å². The molecule has 1 aromatic rings.